The van der Waals surface area contributed by atoms with Crippen LogP contribution in [0.2, 0.25) is 5.02 Å². The van der Waals surface area contributed by atoms with Gasteiger partial charge in [0.15, 0.2) is 5.82 Å². The van der Waals surface area contributed by atoms with Crippen LogP contribution in [0.25, 0.3) is 0 Å². The number of anilines is 2. The molecule has 0 radical (unpaired) electrons. The Morgan fingerprint density at radius 3 is 2.50 bits per heavy atom. The number of hydrogen-bond donors (Lipinski definition) is 1. The van der Waals surface area contributed by atoms with E-state index in [2.05, 4.69) is 10.5 Å². The third-order valence-corrected chi connectivity index (χ3v) is 4.06. The number of carbonyl (C=O) groups is 1. The van der Waals surface area contributed by atoms with Gasteiger partial charge in [0.1, 0.15) is 12.3 Å². The molecule has 1 aromatic carbocycles. The van der Waals surface area contributed by atoms with Crippen LogP contribution in [-0.4, -0.2) is 32.3 Å². The van der Waals surface area contributed by atoms with E-state index in [1.165, 1.54) is 6.07 Å². The number of halogens is 1. The molecule has 7 nitrogen and oxygen atoms in total. The summed E-state index contributed by atoms with van der Waals surface area (Å²) in [5.41, 5.74) is 0.513. The fourth-order valence-corrected chi connectivity index (χ4v) is 2.61. The molecular formula is C13H14ClN3O4S. The zero-order valence-electron chi connectivity index (χ0n) is 11.9. The predicted octanol–water partition coefficient (Wildman–Crippen LogP) is 2.04. The molecule has 0 saturated carbocycles. The van der Waals surface area contributed by atoms with Crippen molar-refractivity contribution in [3.8, 4) is 0 Å². The van der Waals surface area contributed by atoms with Gasteiger partial charge in [0, 0.05) is 16.8 Å². The molecule has 0 spiro atoms. The first kappa shape index (κ1) is 16.3. The van der Waals surface area contributed by atoms with Crippen LogP contribution in [0.1, 0.15) is 5.76 Å². The summed E-state index contributed by atoms with van der Waals surface area (Å²) in [6.07, 6.45) is 0.993. The Bertz CT molecular complexity index is 771. The molecular weight excluding hydrogens is 330 g/mol. The average molecular weight is 344 g/mol. The van der Waals surface area contributed by atoms with Crippen LogP contribution >= 0.6 is 11.6 Å². The van der Waals surface area contributed by atoms with Gasteiger partial charge in [-0.25, -0.2) is 12.7 Å². The van der Waals surface area contributed by atoms with Crippen molar-refractivity contribution in [2.45, 2.75) is 6.92 Å². The smallest absolute Gasteiger partial charge is 0.245 e. The number of aromatic nitrogens is 1. The molecule has 0 aliphatic heterocycles. The van der Waals surface area contributed by atoms with Crippen molar-refractivity contribution in [1.29, 1.82) is 0 Å². The number of amides is 1. The third-order valence-electron chi connectivity index (χ3n) is 2.69. The largest absolute Gasteiger partial charge is 0.360 e. The van der Waals surface area contributed by atoms with Gasteiger partial charge in [-0.2, -0.15) is 0 Å². The second kappa shape index (κ2) is 6.37. The number of nitrogens with one attached hydrogen (secondary N) is 1. The second-order valence-electron chi connectivity index (χ2n) is 4.62. The molecule has 0 aliphatic rings. The average Bonchev–Trinajstić information content (AvgIpc) is 2.84. The van der Waals surface area contributed by atoms with Gasteiger partial charge >= 0.3 is 0 Å². The summed E-state index contributed by atoms with van der Waals surface area (Å²) in [7, 11) is -3.67. The quantitative estimate of drug-likeness (QED) is 0.896. The highest BCUT2D eigenvalue weighted by Gasteiger charge is 2.23. The van der Waals surface area contributed by atoms with E-state index in [0.29, 0.717) is 16.5 Å². The Labute approximate surface area is 132 Å². The van der Waals surface area contributed by atoms with E-state index < -0.39 is 22.5 Å². The number of nitrogens with zero attached hydrogens (tertiary/aromatic N) is 2. The summed E-state index contributed by atoms with van der Waals surface area (Å²) in [5, 5.41) is 6.75. The van der Waals surface area contributed by atoms with Crippen molar-refractivity contribution in [2.75, 3.05) is 22.4 Å². The molecule has 1 amide bonds. The van der Waals surface area contributed by atoms with Gasteiger partial charge < -0.3 is 9.84 Å². The van der Waals surface area contributed by atoms with Crippen molar-refractivity contribution in [2.24, 2.45) is 0 Å². The first-order valence-corrected chi connectivity index (χ1v) is 8.45. The van der Waals surface area contributed by atoms with E-state index in [0.717, 1.165) is 10.6 Å². The summed E-state index contributed by atoms with van der Waals surface area (Å²) < 4.78 is 29.4. The van der Waals surface area contributed by atoms with Crippen LogP contribution in [0.15, 0.2) is 34.9 Å². The molecule has 2 rings (SSSR count). The van der Waals surface area contributed by atoms with Crippen LogP contribution in [0.4, 0.5) is 11.5 Å². The molecule has 0 bridgehead atoms. The molecule has 0 atom stereocenters. The van der Waals surface area contributed by atoms with Gasteiger partial charge in [-0.1, -0.05) is 16.8 Å². The van der Waals surface area contributed by atoms with E-state index in [1.807, 2.05) is 0 Å². The lowest BCUT2D eigenvalue weighted by Crippen LogP contribution is -2.37. The van der Waals surface area contributed by atoms with Crippen molar-refractivity contribution in [1.82, 2.24) is 5.16 Å². The van der Waals surface area contributed by atoms with E-state index in [-0.39, 0.29) is 5.82 Å². The topological polar surface area (TPSA) is 92.5 Å². The van der Waals surface area contributed by atoms with Crippen molar-refractivity contribution >= 4 is 39.0 Å². The monoisotopic (exact) mass is 343 g/mol. The van der Waals surface area contributed by atoms with Gasteiger partial charge in [-0.3, -0.25) is 4.79 Å². The zero-order chi connectivity index (χ0) is 16.3. The molecule has 118 valence electrons. The van der Waals surface area contributed by atoms with Crippen LogP contribution in [-0.2, 0) is 14.8 Å². The molecule has 0 unspecified atom stereocenters. The van der Waals surface area contributed by atoms with Gasteiger partial charge in [-0.05, 0) is 31.2 Å². The highest BCUT2D eigenvalue weighted by atomic mass is 35.5. The molecule has 0 fully saturated rings. The first-order chi connectivity index (χ1) is 10.3. The summed E-state index contributed by atoms with van der Waals surface area (Å²) in [6, 6.07) is 7.91. The van der Waals surface area contributed by atoms with Gasteiger partial charge in [0.05, 0.1) is 6.26 Å². The normalized spacial score (nSPS) is 11.2. The summed E-state index contributed by atoms with van der Waals surface area (Å²) in [5.74, 6) is 0.00131. The molecule has 1 N–H and O–H groups in total. The lowest BCUT2D eigenvalue weighted by atomic mass is 10.3. The minimum Gasteiger partial charge on any atom is -0.360 e. The van der Waals surface area contributed by atoms with Gasteiger partial charge in [-0.15, -0.1) is 0 Å². The Hall–Kier alpha value is -2.06. The standard InChI is InChI=1S/C13H14ClN3O4S/c1-9-7-12(16-21-9)17(22(2,19)20)8-13(18)15-11-5-3-10(14)4-6-11/h3-7H,8H2,1-2H3,(H,15,18). The highest BCUT2D eigenvalue weighted by molar-refractivity contribution is 7.92. The van der Waals surface area contributed by atoms with Crippen molar-refractivity contribution in [3.05, 3.63) is 41.1 Å². The van der Waals surface area contributed by atoms with Crippen molar-refractivity contribution in [3.63, 3.8) is 0 Å². The SMILES string of the molecule is Cc1cc(N(CC(=O)Nc2ccc(Cl)cc2)S(C)(=O)=O)no1. The van der Waals surface area contributed by atoms with Crippen LogP contribution in [0.3, 0.4) is 0 Å². The van der Waals surface area contributed by atoms with Gasteiger partial charge in [0.2, 0.25) is 15.9 Å². The molecule has 0 saturated heterocycles. The Morgan fingerprint density at radius 1 is 1.36 bits per heavy atom. The van der Waals surface area contributed by atoms with Gasteiger partial charge in [0.25, 0.3) is 0 Å². The molecule has 1 aromatic heterocycles. The lowest BCUT2D eigenvalue weighted by molar-refractivity contribution is -0.114. The number of benzene rings is 1. The minimum atomic E-state index is -3.67. The Balaban J connectivity index is 2.14. The second-order valence-corrected chi connectivity index (χ2v) is 6.96. The van der Waals surface area contributed by atoms with E-state index in [9.17, 15) is 13.2 Å². The maximum atomic E-state index is 12.0. The highest BCUT2D eigenvalue weighted by Crippen LogP contribution is 2.18. The lowest BCUT2D eigenvalue weighted by Gasteiger charge is -2.18. The number of rotatable bonds is 5. The summed E-state index contributed by atoms with van der Waals surface area (Å²) in [6.45, 7) is 1.22. The van der Waals surface area contributed by atoms with E-state index in [1.54, 1.807) is 31.2 Å². The molecule has 0 aliphatic carbocycles. The third kappa shape index (κ3) is 4.22. The molecule has 1 heterocycles. The van der Waals surface area contributed by atoms with E-state index in [4.69, 9.17) is 16.1 Å². The van der Waals surface area contributed by atoms with Crippen LogP contribution in [0.5, 0.6) is 0 Å². The Morgan fingerprint density at radius 2 is 2.00 bits per heavy atom. The summed E-state index contributed by atoms with van der Waals surface area (Å²) in [4.78, 5) is 12.0. The minimum absolute atomic E-state index is 0.0613. The fourth-order valence-electron chi connectivity index (χ4n) is 1.70. The molecule has 2 aromatic rings. The maximum Gasteiger partial charge on any atom is 0.245 e. The summed E-state index contributed by atoms with van der Waals surface area (Å²) >= 11 is 5.76. The first-order valence-electron chi connectivity index (χ1n) is 6.22. The maximum absolute atomic E-state index is 12.0. The predicted molar refractivity (Wildman–Crippen MR) is 83.5 cm³/mol. The van der Waals surface area contributed by atoms with E-state index >= 15 is 0 Å². The fraction of sp³-hybridized carbons (Fsp3) is 0.231. The molecule has 9 heteroatoms. The molecule has 22 heavy (non-hydrogen) atoms. The number of aryl methyl sites for hydroxylation is 1. The Kier molecular flexibility index (Phi) is 4.72. The zero-order valence-corrected chi connectivity index (χ0v) is 13.5. The number of sulfonamides is 1. The van der Waals surface area contributed by atoms with Crippen LogP contribution in [0, 0.1) is 6.92 Å². The van der Waals surface area contributed by atoms with Crippen molar-refractivity contribution < 1.29 is 17.7 Å². The number of carbonyl (C=O) groups excluding carboxylic acids is 1. The van der Waals surface area contributed by atoms with Crippen LogP contribution < -0.4 is 9.62 Å². The number of hydrogen-bond acceptors (Lipinski definition) is 5.